The molecular weight excluding hydrogens is 406 g/mol. The fraction of sp³-hybridized carbons (Fsp3) is 0.0455. The van der Waals surface area contributed by atoms with E-state index in [1.807, 2.05) is 43.3 Å². The summed E-state index contributed by atoms with van der Waals surface area (Å²) < 4.78 is 0. The van der Waals surface area contributed by atoms with Crippen LogP contribution in [0, 0.1) is 6.92 Å². The quantitative estimate of drug-likeness (QED) is 0.446. The van der Waals surface area contributed by atoms with Gasteiger partial charge in [0.05, 0.1) is 21.8 Å². The second-order valence-corrected chi connectivity index (χ2v) is 7.37. The molecule has 0 saturated carbocycles. The van der Waals surface area contributed by atoms with Crippen LogP contribution < -0.4 is 15.5 Å². The molecule has 4 rings (SSSR count). The summed E-state index contributed by atoms with van der Waals surface area (Å²) in [6.07, 6.45) is 0. The summed E-state index contributed by atoms with van der Waals surface area (Å²) >= 11 is 11.5. The maximum absolute atomic E-state index is 12.8. The third kappa shape index (κ3) is 3.60. The topological polar surface area (TPSA) is 61.4 Å². The van der Waals surface area contributed by atoms with Crippen molar-refractivity contribution in [1.29, 1.82) is 0 Å². The number of aryl methyl sites for hydroxylation is 1. The standard InChI is InChI=1S/C22H16ClN3O2S/c1-13-12-15(25-22(29)24-14-6-3-2-4-7-14)10-11-18(13)26-20(27)16-8-5-9-17(23)19(16)21(26)28/h2-12H,1H3,(H2,24,25,29). The Kier molecular flexibility index (Phi) is 5.05. The molecule has 1 aliphatic heterocycles. The Hall–Kier alpha value is -3.22. The first-order valence-electron chi connectivity index (χ1n) is 8.86. The van der Waals surface area contributed by atoms with Crippen molar-refractivity contribution < 1.29 is 9.59 Å². The van der Waals surface area contributed by atoms with E-state index in [4.69, 9.17) is 23.8 Å². The van der Waals surface area contributed by atoms with Crippen molar-refractivity contribution in [2.75, 3.05) is 15.5 Å². The van der Waals surface area contributed by atoms with Crippen LogP contribution in [0.3, 0.4) is 0 Å². The lowest BCUT2D eigenvalue weighted by Crippen LogP contribution is -2.30. The summed E-state index contributed by atoms with van der Waals surface area (Å²) in [5.41, 5.74) is 3.45. The molecule has 2 amide bonds. The van der Waals surface area contributed by atoms with Crippen molar-refractivity contribution in [3.8, 4) is 0 Å². The molecule has 0 fully saturated rings. The lowest BCUT2D eigenvalue weighted by atomic mass is 10.1. The van der Waals surface area contributed by atoms with Gasteiger partial charge < -0.3 is 10.6 Å². The third-order valence-corrected chi connectivity index (χ3v) is 5.11. The molecule has 0 atom stereocenters. The molecule has 5 nitrogen and oxygen atoms in total. The van der Waals surface area contributed by atoms with E-state index in [-0.39, 0.29) is 16.5 Å². The van der Waals surface area contributed by atoms with Gasteiger partial charge in [0.25, 0.3) is 11.8 Å². The third-order valence-electron chi connectivity index (χ3n) is 4.59. The number of hydrogen-bond donors (Lipinski definition) is 2. The number of hydrogen-bond acceptors (Lipinski definition) is 3. The van der Waals surface area contributed by atoms with Gasteiger partial charge in [-0.05, 0) is 67.2 Å². The second kappa shape index (κ2) is 7.66. The molecule has 1 heterocycles. The summed E-state index contributed by atoms with van der Waals surface area (Å²) in [5, 5.41) is 6.92. The Morgan fingerprint density at radius 3 is 2.31 bits per heavy atom. The highest BCUT2D eigenvalue weighted by molar-refractivity contribution is 7.80. The van der Waals surface area contributed by atoms with Crippen LogP contribution >= 0.6 is 23.8 Å². The number of nitrogens with zero attached hydrogens (tertiary/aromatic N) is 1. The molecule has 1 aliphatic rings. The van der Waals surface area contributed by atoms with Crippen LogP contribution in [0.5, 0.6) is 0 Å². The number of thiocarbonyl (C=S) groups is 1. The van der Waals surface area contributed by atoms with Gasteiger partial charge in [-0.15, -0.1) is 0 Å². The van der Waals surface area contributed by atoms with Crippen LogP contribution in [0.15, 0.2) is 66.7 Å². The Morgan fingerprint density at radius 2 is 1.62 bits per heavy atom. The summed E-state index contributed by atoms with van der Waals surface area (Å²) in [5.74, 6) is -0.793. The second-order valence-electron chi connectivity index (χ2n) is 6.55. The number of rotatable bonds is 3. The number of imide groups is 1. The molecule has 0 saturated heterocycles. The average Bonchev–Trinajstić information content (AvgIpc) is 2.94. The smallest absolute Gasteiger partial charge is 0.267 e. The van der Waals surface area contributed by atoms with Gasteiger partial charge >= 0.3 is 0 Å². The van der Waals surface area contributed by atoms with Gasteiger partial charge in [-0.3, -0.25) is 9.59 Å². The van der Waals surface area contributed by atoms with E-state index >= 15 is 0 Å². The van der Waals surface area contributed by atoms with Gasteiger partial charge in [0.15, 0.2) is 5.11 Å². The number of carbonyl (C=O) groups excluding carboxylic acids is 2. The lowest BCUT2D eigenvalue weighted by Gasteiger charge is -2.18. The largest absolute Gasteiger partial charge is 0.332 e. The number of carbonyl (C=O) groups is 2. The summed E-state index contributed by atoms with van der Waals surface area (Å²) in [7, 11) is 0. The molecule has 29 heavy (non-hydrogen) atoms. The number of anilines is 3. The molecule has 0 bridgehead atoms. The van der Waals surface area contributed by atoms with Crippen LogP contribution in [-0.2, 0) is 0 Å². The van der Waals surface area contributed by atoms with Crippen LogP contribution in [0.25, 0.3) is 0 Å². The lowest BCUT2D eigenvalue weighted by molar-refractivity contribution is 0.0926. The van der Waals surface area contributed by atoms with E-state index in [0.29, 0.717) is 16.4 Å². The predicted octanol–water partition coefficient (Wildman–Crippen LogP) is 5.26. The van der Waals surface area contributed by atoms with Crippen molar-refractivity contribution in [1.82, 2.24) is 0 Å². The van der Waals surface area contributed by atoms with Gasteiger partial charge in [0, 0.05) is 11.4 Å². The minimum atomic E-state index is -0.416. The van der Waals surface area contributed by atoms with Crippen molar-refractivity contribution in [2.24, 2.45) is 0 Å². The fourth-order valence-corrected chi connectivity index (χ4v) is 3.75. The molecular formula is C22H16ClN3O2S. The molecule has 0 radical (unpaired) electrons. The minimum absolute atomic E-state index is 0.244. The highest BCUT2D eigenvalue weighted by Crippen LogP contribution is 2.34. The molecule has 3 aromatic rings. The van der Waals surface area contributed by atoms with E-state index in [0.717, 1.165) is 21.8 Å². The highest BCUT2D eigenvalue weighted by atomic mass is 35.5. The van der Waals surface area contributed by atoms with Crippen LogP contribution in [-0.4, -0.2) is 16.9 Å². The normalized spacial score (nSPS) is 12.7. The Balaban J connectivity index is 1.55. The van der Waals surface area contributed by atoms with E-state index in [9.17, 15) is 9.59 Å². The van der Waals surface area contributed by atoms with E-state index in [1.165, 1.54) is 0 Å². The van der Waals surface area contributed by atoms with Crippen molar-refractivity contribution >= 4 is 57.8 Å². The number of para-hydroxylation sites is 1. The van der Waals surface area contributed by atoms with Gasteiger partial charge in [-0.2, -0.15) is 0 Å². The molecule has 2 N–H and O–H groups in total. The molecule has 0 aliphatic carbocycles. The number of benzene rings is 3. The van der Waals surface area contributed by atoms with Gasteiger partial charge in [-0.25, -0.2) is 4.90 Å². The zero-order chi connectivity index (χ0) is 20.5. The molecule has 144 valence electrons. The number of fused-ring (bicyclic) bond motifs is 1. The molecule has 7 heteroatoms. The first kappa shape index (κ1) is 19.1. The average molecular weight is 422 g/mol. The molecule has 0 spiro atoms. The summed E-state index contributed by atoms with van der Waals surface area (Å²) in [4.78, 5) is 26.8. The van der Waals surface area contributed by atoms with Crippen molar-refractivity contribution in [2.45, 2.75) is 6.92 Å². The SMILES string of the molecule is Cc1cc(NC(=S)Nc2ccccc2)ccc1N1C(=O)c2cccc(Cl)c2C1=O. The molecule has 3 aromatic carbocycles. The van der Waals surface area contributed by atoms with Crippen molar-refractivity contribution in [3.63, 3.8) is 0 Å². The predicted molar refractivity (Wildman–Crippen MR) is 120 cm³/mol. The van der Waals surface area contributed by atoms with Crippen LogP contribution in [0.4, 0.5) is 17.1 Å². The monoisotopic (exact) mass is 421 g/mol. The maximum atomic E-state index is 12.8. The Labute approximate surface area is 178 Å². The first-order chi connectivity index (χ1) is 14.0. The van der Waals surface area contributed by atoms with Gasteiger partial charge in [0.2, 0.25) is 0 Å². The Bertz CT molecular complexity index is 1150. The van der Waals surface area contributed by atoms with Crippen molar-refractivity contribution in [3.05, 3.63) is 88.4 Å². The molecule has 0 unspecified atom stereocenters. The zero-order valence-electron chi connectivity index (χ0n) is 15.4. The minimum Gasteiger partial charge on any atom is -0.332 e. The van der Waals surface area contributed by atoms with Gasteiger partial charge in [-0.1, -0.05) is 35.9 Å². The Morgan fingerprint density at radius 1 is 0.897 bits per heavy atom. The first-order valence-corrected chi connectivity index (χ1v) is 9.65. The molecule has 0 aromatic heterocycles. The zero-order valence-corrected chi connectivity index (χ0v) is 17.0. The van der Waals surface area contributed by atoms with Gasteiger partial charge in [0.1, 0.15) is 0 Å². The number of halogens is 1. The number of amides is 2. The van der Waals surface area contributed by atoms with E-state index in [1.54, 1.807) is 30.3 Å². The summed E-state index contributed by atoms with van der Waals surface area (Å²) in [6, 6.07) is 19.8. The van der Waals surface area contributed by atoms with Crippen LogP contribution in [0.1, 0.15) is 26.3 Å². The van der Waals surface area contributed by atoms with E-state index in [2.05, 4.69) is 10.6 Å². The maximum Gasteiger partial charge on any atom is 0.267 e. The fourth-order valence-electron chi connectivity index (χ4n) is 3.26. The summed E-state index contributed by atoms with van der Waals surface area (Å²) in [6.45, 7) is 1.83. The number of nitrogens with one attached hydrogen (secondary N) is 2. The van der Waals surface area contributed by atoms with Crippen LogP contribution in [0.2, 0.25) is 5.02 Å². The highest BCUT2D eigenvalue weighted by Gasteiger charge is 2.38. The van der Waals surface area contributed by atoms with E-state index < -0.39 is 5.91 Å².